The summed E-state index contributed by atoms with van der Waals surface area (Å²) in [6.07, 6.45) is -2.98. The summed E-state index contributed by atoms with van der Waals surface area (Å²) in [5, 5.41) is 16.7. The molecule has 0 radical (unpaired) electrons. The zero-order chi connectivity index (χ0) is 10.7. The maximum absolute atomic E-state index is 12.7. The predicted molar refractivity (Wildman–Crippen MR) is 42.2 cm³/mol. The molecule has 0 saturated heterocycles. The van der Waals surface area contributed by atoms with Gasteiger partial charge in [0.2, 0.25) is 0 Å². The highest BCUT2D eigenvalue weighted by atomic mass is 19.3. The number of halogens is 3. The van der Waals surface area contributed by atoms with Crippen molar-refractivity contribution in [2.75, 3.05) is 0 Å². The van der Waals surface area contributed by atoms with Gasteiger partial charge in [-0.25, -0.2) is 13.2 Å². The molecule has 3 nitrogen and oxygen atoms in total. The fraction of sp³-hybridized carbons (Fsp3) is 0.143. The summed E-state index contributed by atoms with van der Waals surface area (Å²) in [4.78, 5) is 0. The lowest BCUT2D eigenvalue weighted by molar-refractivity contribution is 0.146. The largest absolute Gasteiger partial charge is 0.707 e. The molecule has 0 fully saturated rings. The number of alkyl halides is 2. The summed E-state index contributed by atoms with van der Waals surface area (Å²) < 4.78 is 41.2. The van der Waals surface area contributed by atoms with Gasteiger partial charge in [0.05, 0.1) is 5.56 Å². The molecule has 2 N–H and O–H groups in total. The lowest BCUT2D eigenvalue weighted by Crippen LogP contribution is -2.20. The Balaban J connectivity index is 2.94. The van der Waals surface area contributed by atoms with Crippen LogP contribution in [0.1, 0.15) is 12.0 Å². The molecule has 1 aromatic rings. The van der Waals surface area contributed by atoms with E-state index in [0.29, 0.717) is 6.07 Å². The first kappa shape index (κ1) is 10.9. The molecule has 0 unspecified atom stereocenters. The van der Waals surface area contributed by atoms with E-state index in [1.54, 1.807) is 0 Å². The zero-order valence-corrected chi connectivity index (χ0v) is 6.82. The summed E-state index contributed by atoms with van der Waals surface area (Å²) in [7, 11) is -2.12. The Bertz CT molecular complexity index is 319. The fourth-order valence-electron chi connectivity index (χ4n) is 0.884. The molecule has 0 aliphatic rings. The van der Waals surface area contributed by atoms with Crippen molar-refractivity contribution in [3.05, 3.63) is 29.6 Å². The van der Waals surface area contributed by atoms with Crippen LogP contribution in [0.4, 0.5) is 13.2 Å². The first-order valence-corrected chi connectivity index (χ1v) is 3.61. The van der Waals surface area contributed by atoms with E-state index >= 15 is 0 Å². The Kier molecular flexibility index (Phi) is 3.37. The lowest BCUT2D eigenvalue weighted by Gasteiger charge is -2.07. The highest BCUT2D eigenvalue weighted by Gasteiger charge is 2.17. The summed E-state index contributed by atoms with van der Waals surface area (Å²) in [6, 6.07) is 2.49. The van der Waals surface area contributed by atoms with E-state index in [2.05, 4.69) is 4.65 Å². The lowest BCUT2D eigenvalue weighted by atomic mass is 10.2. The highest BCUT2D eigenvalue weighted by molar-refractivity contribution is 6.33. The third-order valence-corrected chi connectivity index (χ3v) is 1.44. The van der Waals surface area contributed by atoms with Gasteiger partial charge in [0.25, 0.3) is 6.43 Å². The Morgan fingerprint density at radius 1 is 1.29 bits per heavy atom. The molecule has 0 aromatic heterocycles. The van der Waals surface area contributed by atoms with Gasteiger partial charge >= 0.3 is 7.32 Å². The molecule has 7 heteroatoms. The van der Waals surface area contributed by atoms with Crippen molar-refractivity contribution in [2.24, 2.45) is 0 Å². The molecule has 0 bridgehead atoms. The van der Waals surface area contributed by atoms with Gasteiger partial charge in [0.1, 0.15) is 11.6 Å². The van der Waals surface area contributed by atoms with Gasteiger partial charge in [-0.3, -0.25) is 0 Å². The van der Waals surface area contributed by atoms with Crippen LogP contribution in [-0.4, -0.2) is 17.4 Å². The second kappa shape index (κ2) is 4.34. The monoisotopic (exact) mass is 206 g/mol. The maximum atomic E-state index is 12.7. The Hall–Kier alpha value is -1.21. The third-order valence-electron chi connectivity index (χ3n) is 1.44. The summed E-state index contributed by atoms with van der Waals surface area (Å²) in [5.41, 5.74) is -0.844. The van der Waals surface area contributed by atoms with Crippen LogP contribution in [0.25, 0.3) is 0 Å². The van der Waals surface area contributed by atoms with Crippen LogP contribution in [0.3, 0.4) is 0 Å². The van der Waals surface area contributed by atoms with Crippen LogP contribution in [0.15, 0.2) is 18.2 Å². The third kappa shape index (κ3) is 2.64. The van der Waals surface area contributed by atoms with Crippen LogP contribution in [0.2, 0.25) is 0 Å². The Morgan fingerprint density at radius 3 is 2.43 bits per heavy atom. The molecule has 0 amide bonds. The van der Waals surface area contributed by atoms with E-state index in [1.165, 1.54) is 0 Å². The normalized spacial score (nSPS) is 10.4. The molecule has 1 rings (SSSR count). The second-order valence-electron chi connectivity index (χ2n) is 2.43. The topological polar surface area (TPSA) is 49.7 Å². The molecule has 0 spiro atoms. The van der Waals surface area contributed by atoms with Crippen molar-refractivity contribution < 1.29 is 27.9 Å². The summed E-state index contributed by atoms with van der Waals surface area (Å²) in [6.45, 7) is 0. The number of hydrogen-bond acceptors (Lipinski definition) is 3. The van der Waals surface area contributed by atoms with Crippen LogP contribution < -0.4 is 4.65 Å². The standard InChI is InChI=1S/C7H6BF3O3/c9-6-2-1-4(14-8(12)13)3-5(6)7(10)11/h1-3,7,12-13H. The van der Waals surface area contributed by atoms with Gasteiger partial charge in [-0.1, -0.05) is 0 Å². The first-order chi connectivity index (χ1) is 6.50. The van der Waals surface area contributed by atoms with E-state index in [1.807, 2.05) is 0 Å². The first-order valence-electron chi connectivity index (χ1n) is 3.61. The van der Waals surface area contributed by atoms with Crippen LogP contribution in [0.5, 0.6) is 5.75 Å². The Labute approximate surface area is 77.9 Å². The number of benzene rings is 1. The molecule has 76 valence electrons. The molecule has 0 heterocycles. The zero-order valence-electron chi connectivity index (χ0n) is 6.82. The van der Waals surface area contributed by atoms with Crippen molar-refractivity contribution in [2.45, 2.75) is 6.43 Å². The van der Waals surface area contributed by atoms with E-state index in [9.17, 15) is 13.2 Å². The van der Waals surface area contributed by atoms with Crippen molar-refractivity contribution in [3.63, 3.8) is 0 Å². The average Bonchev–Trinajstić information content (AvgIpc) is 2.07. The average molecular weight is 206 g/mol. The summed E-state index contributed by atoms with van der Waals surface area (Å²) >= 11 is 0. The molecule has 14 heavy (non-hydrogen) atoms. The van der Waals surface area contributed by atoms with Crippen LogP contribution in [0, 0.1) is 5.82 Å². The maximum Gasteiger partial charge on any atom is 0.707 e. The van der Waals surface area contributed by atoms with Crippen molar-refractivity contribution in [1.29, 1.82) is 0 Å². The van der Waals surface area contributed by atoms with Crippen molar-refractivity contribution in [1.82, 2.24) is 0 Å². The highest BCUT2D eigenvalue weighted by Crippen LogP contribution is 2.26. The van der Waals surface area contributed by atoms with Crippen molar-refractivity contribution in [3.8, 4) is 5.75 Å². The Morgan fingerprint density at radius 2 is 1.93 bits per heavy atom. The van der Waals surface area contributed by atoms with Crippen LogP contribution >= 0.6 is 0 Å². The summed E-state index contributed by atoms with van der Waals surface area (Å²) in [5.74, 6) is -1.31. The van der Waals surface area contributed by atoms with Gasteiger partial charge in [-0.05, 0) is 18.2 Å². The van der Waals surface area contributed by atoms with Crippen molar-refractivity contribution >= 4 is 7.32 Å². The predicted octanol–water partition coefficient (Wildman–Crippen LogP) is 1.11. The quantitative estimate of drug-likeness (QED) is 0.728. The molecular formula is C7H6BF3O3. The SMILES string of the molecule is OB(O)Oc1ccc(F)c(C(F)F)c1. The minimum Gasteiger partial charge on any atom is -0.512 e. The molecule has 0 aliphatic heterocycles. The molecule has 0 atom stereocenters. The molecule has 0 saturated carbocycles. The van der Waals surface area contributed by atoms with Gasteiger partial charge in [0, 0.05) is 0 Å². The van der Waals surface area contributed by atoms with E-state index in [4.69, 9.17) is 10.0 Å². The number of hydrogen-bond donors (Lipinski definition) is 2. The fourth-order valence-corrected chi connectivity index (χ4v) is 0.884. The van der Waals surface area contributed by atoms with Crippen LogP contribution in [-0.2, 0) is 0 Å². The minimum atomic E-state index is -2.98. The number of rotatable bonds is 3. The minimum absolute atomic E-state index is 0.239. The molecule has 1 aromatic carbocycles. The smallest absolute Gasteiger partial charge is 0.512 e. The van der Waals surface area contributed by atoms with Gasteiger partial charge < -0.3 is 14.7 Å². The van der Waals surface area contributed by atoms with E-state index in [-0.39, 0.29) is 5.75 Å². The van der Waals surface area contributed by atoms with E-state index < -0.39 is 25.1 Å². The van der Waals surface area contributed by atoms with E-state index in [0.717, 1.165) is 12.1 Å². The molecule has 0 aliphatic carbocycles. The van der Waals surface area contributed by atoms with Gasteiger partial charge in [0.15, 0.2) is 0 Å². The second-order valence-corrected chi connectivity index (χ2v) is 2.43. The van der Waals surface area contributed by atoms with Gasteiger partial charge in [-0.2, -0.15) is 0 Å². The van der Waals surface area contributed by atoms with Gasteiger partial charge in [-0.15, -0.1) is 0 Å². The molecular weight excluding hydrogens is 200 g/mol.